The Morgan fingerprint density at radius 2 is 2.06 bits per heavy atom. The van der Waals surface area contributed by atoms with Crippen LogP contribution in [0.15, 0.2) is 0 Å². The average Bonchev–Trinajstić information content (AvgIpc) is 2.77. The lowest BCUT2D eigenvalue weighted by Gasteiger charge is -2.16. The van der Waals surface area contributed by atoms with Crippen molar-refractivity contribution in [2.24, 2.45) is 5.92 Å². The van der Waals surface area contributed by atoms with Crippen molar-refractivity contribution in [1.29, 1.82) is 0 Å². The third-order valence-electron chi connectivity index (χ3n) is 2.81. The van der Waals surface area contributed by atoms with Gasteiger partial charge in [-0.2, -0.15) is 0 Å². The highest BCUT2D eigenvalue weighted by atomic mass is 16.5. The number of carbonyl (C=O) groups is 2. The molecule has 0 bridgehead atoms. The van der Waals surface area contributed by atoms with E-state index < -0.39 is 0 Å². The molecule has 17 heavy (non-hydrogen) atoms. The molecule has 0 radical (unpaired) electrons. The molecule has 0 aromatic rings. The number of nitrogens with one attached hydrogen (secondary N) is 3. The van der Waals surface area contributed by atoms with Crippen LogP contribution >= 0.6 is 0 Å². The van der Waals surface area contributed by atoms with Crippen LogP contribution in [0.4, 0.5) is 0 Å². The largest absolute Gasteiger partial charge is 0.379 e. The van der Waals surface area contributed by atoms with Crippen LogP contribution in [0, 0.1) is 5.92 Å². The summed E-state index contributed by atoms with van der Waals surface area (Å²) in [5.74, 6) is -0.249. The molecule has 2 amide bonds. The second-order valence-electron chi connectivity index (χ2n) is 4.03. The van der Waals surface area contributed by atoms with Gasteiger partial charge in [0.25, 0.3) is 0 Å². The summed E-state index contributed by atoms with van der Waals surface area (Å²) < 4.78 is 5.25. The molecule has 1 heterocycles. The molecule has 0 aromatic heterocycles. The van der Waals surface area contributed by atoms with Gasteiger partial charge in [-0.3, -0.25) is 9.59 Å². The van der Waals surface area contributed by atoms with Crippen molar-refractivity contribution in [3.63, 3.8) is 0 Å². The summed E-state index contributed by atoms with van der Waals surface area (Å²) in [5, 5.41) is 8.49. The maximum absolute atomic E-state index is 11.8. The van der Waals surface area contributed by atoms with E-state index in [0.29, 0.717) is 32.7 Å². The second-order valence-corrected chi connectivity index (χ2v) is 4.03. The minimum atomic E-state index is -0.158. The Kier molecular flexibility index (Phi) is 5.93. The van der Waals surface area contributed by atoms with Crippen LogP contribution < -0.4 is 16.0 Å². The van der Waals surface area contributed by atoms with Gasteiger partial charge in [-0.05, 0) is 14.0 Å². The summed E-state index contributed by atoms with van der Waals surface area (Å²) in [6, 6.07) is 0.0690. The highest BCUT2D eigenvalue weighted by Crippen LogP contribution is 2.13. The van der Waals surface area contributed by atoms with Gasteiger partial charge in [0.1, 0.15) is 0 Å². The summed E-state index contributed by atoms with van der Waals surface area (Å²) in [6.07, 6.45) is 0.317. The van der Waals surface area contributed by atoms with E-state index in [1.807, 2.05) is 14.0 Å². The van der Waals surface area contributed by atoms with Crippen LogP contribution in [0.5, 0.6) is 0 Å². The van der Waals surface area contributed by atoms with E-state index in [1.165, 1.54) is 0 Å². The van der Waals surface area contributed by atoms with Gasteiger partial charge in [-0.1, -0.05) is 0 Å². The number of likely N-dealkylation sites (N-methyl/N-ethyl adjacent to an activating group) is 1. The fourth-order valence-corrected chi connectivity index (χ4v) is 1.81. The number of hydrogen-bond donors (Lipinski definition) is 3. The number of ether oxygens (including phenoxy) is 1. The van der Waals surface area contributed by atoms with Gasteiger partial charge in [-0.25, -0.2) is 0 Å². The first-order valence-electron chi connectivity index (χ1n) is 5.98. The van der Waals surface area contributed by atoms with Gasteiger partial charge in [0, 0.05) is 25.6 Å². The molecule has 1 rings (SSSR count). The predicted molar refractivity (Wildman–Crippen MR) is 63.5 cm³/mol. The first-order chi connectivity index (χ1) is 8.19. The van der Waals surface area contributed by atoms with Crippen molar-refractivity contribution < 1.29 is 14.3 Å². The van der Waals surface area contributed by atoms with Crippen molar-refractivity contribution in [2.75, 3.05) is 33.4 Å². The zero-order valence-electron chi connectivity index (χ0n) is 10.4. The number of carbonyl (C=O) groups excluding carboxylic acids is 2. The topological polar surface area (TPSA) is 79.5 Å². The summed E-state index contributed by atoms with van der Waals surface area (Å²) in [7, 11) is 1.81. The number of amides is 2. The standard InChI is InChI=1S/C11H21N3O3/c1-3-13-10(15)4-5-14-11(16)8-6-17-7-9(8)12-2/h8-9,12H,3-7H2,1-2H3,(H,13,15)(H,14,16). The van der Waals surface area contributed by atoms with Crippen molar-refractivity contribution in [2.45, 2.75) is 19.4 Å². The van der Waals surface area contributed by atoms with Gasteiger partial charge >= 0.3 is 0 Å². The minimum absolute atomic E-state index is 0.0411. The Balaban J connectivity index is 2.23. The third-order valence-corrected chi connectivity index (χ3v) is 2.81. The third kappa shape index (κ3) is 4.32. The zero-order chi connectivity index (χ0) is 12.7. The summed E-state index contributed by atoms with van der Waals surface area (Å²) in [5.41, 5.74) is 0. The Hall–Kier alpha value is -1.14. The molecule has 0 aromatic carbocycles. The Bertz CT molecular complexity index is 271. The summed E-state index contributed by atoms with van der Waals surface area (Å²) in [4.78, 5) is 23.0. The molecule has 0 saturated carbocycles. The number of hydrogen-bond acceptors (Lipinski definition) is 4. The molecule has 1 fully saturated rings. The molecular weight excluding hydrogens is 222 g/mol. The highest BCUT2D eigenvalue weighted by molar-refractivity contribution is 5.81. The monoisotopic (exact) mass is 243 g/mol. The SMILES string of the molecule is CCNC(=O)CCNC(=O)C1COCC1NC. The molecule has 6 nitrogen and oxygen atoms in total. The van der Waals surface area contributed by atoms with E-state index in [1.54, 1.807) is 0 Å². The van der Waals surface area contributed by atoms with Crippen LogP contribution in [0.1, 0.15) is 13.3 Å². The van der Waals surface area contributed by atoms with Gasteiger partial charge in [0.2, 0.25) is 11.8 Å². The average molecular weight is 243 g/mol. The Labute approximate surface area is 101 Å². The zero-order valence-corrected chi connectivity index (χ0v) is 10.4. The van der Waals surface area contributed by atoms with E-state index in [4.69, 9.17) is 4.74 Å². The fourth-order valence-electron chi connectivity index (χ4n) is 1.81. The fraction of sp³-hybridized carbons (Fsp3) is 0.818. The first kappa shape index (κ1) is 13.9. The molecule has 1 aliphatic heterocycles. The quantitative estimate of drug-likeness (QED) is 0.551. The van der Waals surface area contributed by atoms with Crippen molar-refractivity contribution in [1.82, 2.24) is 16.0 Å². The lowest BCUT2D eigenvalue weighted by atomic mass is 10.0. The van der Waals surface area contributed by atoms with Crippen LogP contribution in [-0.2, 0) is 14.3 Å². The highest BCUT2D eigenvalue weighted by Gasteiger charge is 2.32. The van der Waals surface area contributed by atoms with Crippen LogP contribution in [0.3, 0.4) is 0 Å². The van der Waals surface area contributed by atoms with Crippen LogP contribution in [-0.4, -0.2) is 51.2 Å². The number of rotatable bonds is 6. The molecule has 2 unspecified atom stereocenters. The van der Waals surface area contributed by atoms with E-state index in [-0.39, 0.29) is 23.8 Å². The predicted octanol–water partition coefficient (Wildman–Crippen LogP) is -1.14. The molecule has 1 saturated heterocycles. The Morgan fingerprint density at radius 1 is 1.29 bits per heavy atom. The van der Waals surface area contributed by atoms with E-state index in [2.05, 4.69) is 16.0 Å². The van der Waals surface area contributed by atoms with Gasteiger partial charge < -0.3 is 20.7 Å². The smallest absolute Gasteiger partial charge is 0.227 e. The van der Waals surface area contributed by atoms with Gasteiger partial charge in [0.05, 0.1) is 19.1 Å². The molecule has 1 aliphatic rings. The first-order valence-corrected chi connectivity index (χ1v) is 5.98. The Morgan fingerprint density at radius 3 is 2.71 bits per heavy atom. The second kappa shape index (κ2) is 7.24. The van der Waals surface area contributed by atoms with Crippen LogP contribution in [0.2, 0.25) is 0 Å². The molecule has 3 N–H and O–H groups in total. The van der Waals surface area contributed by atoms with Crippen LogP contribution in [0.25, 0.3) is 0 Å². The van der Waals surface area contributed by atoms with E-state index in [9.17, 15) is 9.59 Å². The molecule has 98 valence electrons. The lowest BCUT2D eigenvalue weighted by molar-refractivity contribution is -0.125. The maximum Gasteiger partial charge on any atom is 0.227 e. The normalized spacial score (nSPS) is 23.4. The molecule has 2 atom stereocenters. The van der Waals surface area contributed by atoms with Gasteiger partial charge in [-0.15, -0.1) is 0 Å². The summed E-state index contributed by atoms with van der Waals surface area (Å²) >= 11 is 0. The van der Waals surface area contributed by atoms with Crippen molar-refractivity contribution in [3.8, 4) is 0 Å². The molecule has 0 aliphatic carbocycles. The molecule has 6 heteroatoms. The molecular formula is C11H21N3O3. The minimum Gasteiger partial charge on any atom is -0.379 e. The van der Waals surface area contributed by atoms with Gasteiger partial charge in [0.15, 0.2) is 0 Å². The van der Waals surface area contributed by atoms with Crippen molar-refractivity contribution in [3.05, 3.63) is 0 Å². The summed E-state index contributed by atoms with van der Waals surface area (Å²) in [6.45, 7) is 3.86. The lowest BCUT2D eigenvalue weighted by Crippen LogP contribution is -2.43. The van der Waals surface area contributed by atoms with Crippen molar-refractivity contribution >= 4 is 11.8 Å². The maximum atomic E-state index is 11.8. The molecule has 0 spiro atoms. The van der Waals surface area contributed by atoms with E-state index >= 15 is 0 Å². The van der Waals surface area contributed by atoms with E-state index in [0.717, 1.165) is 0 Å².